The number of hydrogen-bond acceptors (Lipinski definition) is 2. The van der Waals surface area contributed by atoms with Crippen molar-refractivity contribution in [1.82, 2.24) is 10.2 Å². The number of amides is 2. The number of nitrogens with one attached hydrogen (secondary N) is 1. The number of hydrogen-bond donors (Lipinski definition) is 1. The van der Waals surface area contributed by atoms with Gasteiger partial charge in [0.25, 0.3) is 0 Å². The average molecular weight is 330 g/mol. The van der Waals surface area contributed by atoms with Crippen molar-refractivity contribution in [3.8, 4) is 0 Å². The number of carbonyl (C=O) groups is 2. The van der Waals surface area contributed by atoms with Gasteiger partial charge in [-0.2, -0.15) is 0 Å². The van der Waals surface area contributed by atoms with Crippen molar-refractivity contribution < 1.29 is 9.59 Å². The molecule has 0 aromatic heterocycles. The molecule has 0 radical (unpaired) electrons. The molecule has 1 aromatic carbocycles. The van der Waals surface area contributed by atoms with Crippen molar-refractivity contribution in [3.63, 3.8) is 0 Å². The summed E-state index contributed by atoms with van der Waals surface area (Å²) in [7, 11) is 0. The molecule has 0 bridgehead atoms. The minimum atomic E-state index is -0.0420. The van der Waals surface area contributed by atoms with E-state index in [1.165, 1.54) is 17.5 Å². The van der Waals surface area contributed by atoms with Gasteiger partial charge in [-0.05, 0) is 43.6 Å². The molecular formula is C20H30N2O2. The highest BCUT2D eigenvalue weighted by atomic mass is 16.2. The zero-order valence-electron chi connectivity index (χ0n) is 15.2. The van der Waals surface area contributed by atoms with Crippen LogP contribution >= 0.6 is 0 Å². The first-order valence-corrected chi connectivity index (χ1v) is 9.08. The summed E-state index contributed by atoms with van der Waals surface area (Å²) < 4.78 is 0. The highest BCUT2D eigenvalue weighted by Gasteiger charge is 2.21. The van der Waals surface area contributed by atoms with Gasteiger partial charge in [0.2, 0.25) is 11.8 Å². The lowest BCUT2D eigenvalue weighted by Crippen LogP contribution is -2.42. The summed E-state index contributed by atoms with van der Waals surface area (Å²) in [4.78, 5) is 26.3. The molecule has 2 rings (SSSR count). The Labute approximate surface area is 145 Å². The summed E-state index contributed by atoms with van der Waals surface area (Å²) in [5.41, 5.74) is 2.41. The van der Waals surface area contributed by atoms with Gasteiger partial charge in [-0.25, -0.2) is 0 Å². The highest BCUT2D eigenvalue weighted by molar-refractivity contribution is 5.85. The van der Waals surface area contributed by atoms with Crippen LogP contribution < -0.4 is 5.32 Å². The maximum Gasteiger partial charge on any atom is 0.241 e. The van der Waals surface area contributed by atoms with E-state index in [9.17, 15) is 9.59 Å². The maximum atomic E-state index is 12.3. The molecule has 0 aliphatic carbocycles. The molecule has 132 valence electrons. The molecule has 1 aliphatic rings. The number of nitrogens with zero attached hydrogens (tertiary/aromatic N) is 1. The first-order chi connectivity index (χ1) is 11.5. The third kappa shape index (κ3) is 5.36. The Morgan fingerprint density at radius 3 is 2.29 bits per heavy atom. The number of benzene rings is 1. The van der Waals surface area contributed by atoms with Crippen LogP contribution in [-0.2, 0) is 9.59 Å². The Morgan fingerprint density at radius 2 is 1.71 bits per heavy atom. The molecule has 2 amide bonds. The summed E-state index contributed by atoms with van der Waals surface area (Å²) in [6.07, 6.45) is 3.77. The van der Waals surface area contributed by atoms with E-state index in [0.29, 0.717) is 12.3 Å². The zero-order valence-corrected chi connectivity index (χ0v) is 15.2. The Morgan fingerprint density at radius 1 is 1.08 bits per heavy atom. The lowest BCUT2D eigenvalue weighted by molar-refractivity contribution is -0.133. The molecule has 1 atom stereocenters. The fraction of sp³-hybridized carbons (Fsp3) is 0.600. The van der Waals surface area contributed by atoms with Crippen LogP contribution in [0.5, 0.6) is 0 Å². The molecule has 1 heterocycles. The molecule has 0 saturated carbocycles. The van der Waals surface area contributed by atoms with Crippen LogP contribution in [0.3, 0.4) is 0 Å². The molecule has 4 heteroatoms. The molecule has 1 aromatic rings. The molecule has 1 fully saturated rings. The third-order valence-corrected chi connectivity index (χ3v) is 4.86. The van der Waals surface area contributed by atoms with Crippen molar-refractivity contribution in [2.24, 2.45) is 5.92 Å². The van der Waals surface area contributed by atoms with E-state index in [1.54, 1.807) is 0 Å². The van der Waals surface area contributed by atoms with Crippen LogP contribution in [0.1, 0.15) is 56.6 Å². The first-order valence-electron chi connectivity index (χ1n) is 9.08. The lowest BCUT2D eigenvalue weighted by atomic mass is 9.85. The minimum Gasteiger partial charge on any atom is -0.347 e. The summed E-state index contributed by atoms with van der Waals surface area (Å²) >= 11 is 0. The predicted molar refractivity (Wildman–Crippen MR) is 96.8 cm³/mol. The van der Waals surface area contributed by atoms with Crippen molar-refractivity contribution >= 4 is 11.8 Å². The fourth-order valence-electron chi connectivity index (χ4n) is 3.25. The molecule has 1 aliphatic heterocycles. The van der Waals surface area contributed by atoms with E-state index in [1.807, 2.05) is 4.90 Å². The van der Waals surface area contributed by atoms with Gasteiger partial charge >= 0.3 is 0 Å². The maximum absolute atomic E-state index is 12.3. The van der Waals surface area contributed by atoms with Crippen LogP contribution in [0.25, 0.3) is 0 Å². The highest BCUT2D eigenvalue weighted by Crippen LogP contribution is 2.28. The van der Waals surface area contributed by atoms with E-state index >= 15 is 0 Å². The van der Waals surface area contributed by atoms with Gasteiger partial charge in [0, 0.05) is 19.5 Å². The van der Waals surface area contributed by atoms with Crippen molar-refractivity contribution in [1.29, 1.82) is 0 Å². The monoisotopic (exact) mass is 330 g/mol. The second-order valence-electron chi connectivity index (χ2n) is 7.18. The second-order valence-corrected chi connectivity index (χ2v) is 7.18. The van der Waals surface area contributed by atoms with E-state index in [4.69, 9.17) is 0 Å². The number of aryl methyl sites for hydroxylation is 1. The quantitative estimate of drug-likeness (QED) is 0.870. The Balaban J connectivity index is 1.86. The normalized spacial score (nSPS) is 16.1. The minimum absolute atomic E-state index is 0.0412. The Kier molecular flexibility index (Phi) is 6.83. The molecule has 4 nitrogen and oxygen atoms in total. The first kappa shape index (κ1) is 18.5. The van der Waals surface area contributed by atoms with Crippen LogP contribution in [0.4, 0.5) is 0 Å². The molecule has 24 heavy (non-hydrogen) atoms. The van der Waals surface area contributed by atoms with Crippen molar-refractivity contribution in [2.75, 3.05) is 19.6 Å². The number of likely N-dealkylation sites (tertiary alicyclic amines) is 1. The van der Waals surface area contributed by atoms with E-state index in [0.717, 1.165) is 25.9 Å². The zero-order chi connectivity index (χ0) is 17.5. The predicted octanol–water partition coefficient (Wildman–Crippen LogP) is 3.25. The molecule has 1 saturated heterocycles. The van der Waals surface area contributed by atoms with Gasteiger partial charge in [0.1, 0.15) is 0 Å². The van der Waals surface area contributed by atoms with E-state index in [2.05, 4.69) is 50.4 Å². The lowest BCUT2D eigenvalue weighted by Gasteiger charge is -2.27. The molecular weight excluding hydrogens is 300 g/mol. The SMILES string of the molecule is Cc1ccc(C(CC(=O)NCC(=O)N2CCCCC2)C(C)C)cc1. The number of carbonyl (C=O) groups excluding carboxylic acids is 2. The smallest absolute Gasteiger partial charge is 0.241 e. The van der Waals surface area contributed by atoms with E-state index < -0.39 is 0 Å². The van der Waals surface area contributed by atoms with E-state index in [-0.39, 0.29) is 24.3 Å². The van der Waals surface area contributed by atoms with Gasteiger partial charge in [-0.1, -0.05) is 43.7 Å². The topological polar surface area (TPSA) is 49.4 Å². The van der Waals surface area contributed by atoms with Crippen LogP contribution in [-0.4, -0.2) is 36.3 Å². The fourth-order valence-corrected chi connectivity index (χ4v) is 3.25. The van der Waals surface area contributed by atoms with Crippen LogP contribution in [0.15, 0.2) is 24.3 Å². The number of piperidine rings is 1. The summed E-state index contributed by atoms with van der Waals surface area (Å²) in [5, 5.41) is 2.82. The summed E-state index contributed by atoms with van der Waals surface area (Å²) in [6.45, 7) is 8.11. The Hall–Kier alpha value is -1.84. The van der Waals surface area contributed by atoms with Crippen molar-refractivity contribution in [2.45, 2.75) is 52.4 Å². The largest absolute Gasteiger partial charge is 0.347 e. The van der Waals surface area contributed by atoms with Gasteiger partial charge in [-0.3, -0.25) is 9.59 Å². The third-order valence-electron chi connectivity index (χ3n) is 4.86. The van der Waals surface area contributed by atoms with Gasteiger partial charge in [0.15, 0.2) is 0 Å². The molecule has 1 N–H and O–H groups in total. The molecule has 0 spiro atoms. The molecule has 1 unspecified atom stereocenters. The number of rotatable bonds is 6. The van der Waals surface area contributed by atoms with Gasteiger partial charge in [0.05, 0.1) is 6.54 Å². The van der Waals surface area contributed by atoms with Crippen molar-refractivity contribution in [3.05, 3.63) is 35.4 Å². The van der Waals surface area contributed by atoms with Crippen LogP contribution in [0.2, 0.25) is 0 Å². The summed E-state index contributed by atoms with van der Waals surface area (Å²) in [5.74, 6) is 0.547. The van der Waals surface area contributed by atoms with Crippen LogP contribution in [0, 0.1) is 12.8 Å². The second kappa shape index (κ2) is 8.86. The Bertz CT molecular complexity index is 545. The standard InChI is InChI=1S/C20H30N2O2/c1-15(2)18(17-9-7-16(3)8-10-17)13-19(23)21-14-20(24)22-11-5-4-6-12-22/h7-10,15,18H,4-6,11-14H2,1-3H3,(H,21,23). The van der Waals surface area contributed by atoms with Gasteiger partial charge < -0.3 is 10.2 Å². The average Bonchev–Trinajstić information content (AvgIpc) is 2.59. The van der Waals surface area contributed by atoms with Gasteiger partial charge in [-0.15, -0.1) is 0 Å². The summed E-state index contributed by atoms with van der Waals surface area (Å²) in [6, 6.07) is 8.38.